The lowest BCUT2D eigenvalue weighted by Crippen LogP contribution is -2.34. The molecule has 3 nitrogen and oxygen atoms in total. The van der Waals surface area contributed by atoms with Crippen LogP contribution in [0.2, 0.25) is 0 Å². The highest BCUT2D eigenvalue weighted by Crippen LogP contribution is 2.30. The van der Waals surface area contributed by atoms with Crippen LogP contribution in [0.25, 0.3) is 0 Å². The van der Waals surface area contributed by atoms with Gasteiger partial charge in [0.15, 0.2) is 0 Å². The summed E-state index contributed by atoms with van der Waals surface area (Å²) in [7, 11) is 0. The van der Waals surface area contributed by atoms with Gasteiger partial charge in [0, 0.05) is 24.4 Å². The summed E-state index contributed by atoms with van der Waals surface area (Å²) < 4.78 is 0. The molecule has 2 unspecified atom stereocenters. The molecular weight excluding hydrogens is 178 g/mol. The van der Waals surface area contributed by atoms with E-state index >= 15 is 0 Å². The fourth-order valence-electron chi connectivity index (χ4n) is 1.77. The van der Waals surface area contributed by atoms with E-state index < -0.39 is 0 Å². The first-order valence-corrected chi connectivity index (χ1v) is 5.35. The van der Waals surface area contributed by atoms with Gasteiger partial charge in [-0.2, -0.15) is 0 Å². The fourth-order valence-corrected chi connectivity index (χ4v) is 1.77. The minimum Gasteiger partial charge on any atom is -0.391 e. The van der Waals surface area contributed by atoms with Crippen molar-refractivity contribution in [3.63, 3.8) is 0 Å². The van der Waals surface area contributed by atoms with Crippen molar-refractivity contribution in [1.82, 2.24) is 4.90 Å². The molecule has 1 fully saturated rings. The van der Waals surface area contributed by atoms with E-state index in [2.05, 4.69) is 0 Å². The minimum absolute atomic E-state index is 0.0797. The van der Waals surface area contributed by atoms with Crippen LogP contribution in [0.5, 0.6) is 0 Å². The van der Waals surface area contributed by atoms with E-state index in [0.29, 0.717) is 13.1 Å². The van der Waals surface area contributed by atoms with Crippen LogP contribution in [0.4, 0.5) is 0 Å². The summed E-state index contributed by atoms with van der Waals surface area (Å²) >= 11 is 0. The van der Waals surface area contributed by atoms with Crippen LogP contribution in [0, 0.1) is 11.3 Å². The van der Waals surface area contributed by atoms with E-state index in [1.54, 1.807) is 4.90 Å². The molecule has 1 rings (SSSR count). The van der Waals surface area contributed by atoms with Gasteiger partial charge in [-0.1, -0.05) is 27.7 Å². The van der Waals surface area contributed by atoms with E-state index in [1.807, 2.05) is 27.7 Å². The molecule has 3 heteroatoms. The van der Waals surface area contributed by atoms with Crippen molar-refractivity contribution in [2.24, 2.45) is 11.3 Å². The molecule has 82 valence electrons. The first-order valence-electron chi connectivity index (χ1n) is 5.35. The smallest absolute Gasteiger partial charge is 0.225 e. The zero-order valence-corrected chi connectivity index (χ0v) is 9.58. The van der Waals surface area contributed by atoms with Gasteiger partial charge in [0.2, 0.25) is 5.91 Å². The van der Waals surface area contributed by atoms with Crippen molar-refractivity contribution < 1.29 is 9.90 Å². The predicted molar refractivity (Wildman–Crippen MR) is 55.8 cm³/mol. The van der Waals surface area contributed by atoms with E-state index in [4.69, 9.17) is 0 Å². The largest absolute Gasteiger partial charge is 0.391 e. The van der Waals surface area contributed by atoms with Crippen molar-refractivity contribution in [1.29, 1.82) is 0 Å². The van der Waals surface area contributed by atoms with E-state index in [0.717, 1.165) is 6.42 Å². The second kappa shape index (κ2) is 3.89. The van der Waals surface area contributed by atoms with Gasteiger partial charge in [0.05, 0.1) is 6.10 Å². The number of aliphatic hydroxyl groups is 1. The summed E-state index contributed by atoms with van der Waals surface area (Å²) in [6, 6.07) is 0. The fraction of sp³-hybridized carbons (Fsp3) is 0.909. The van der Waals surface area contributed by atoms with Crippen LogP contribution in [0.1, 0.15) is 34.1 Å². The second-order valence-electron chi connectivity index (χ2n) is 5.03. The summed E-state index contributed by atoms with van der Waals surface area (Å²) in [4.78, 5) is 13.6. The number of likely N-dealkylation sites (tertiary alicyclic amines) is 1. The number of rotatable bonds is 2. The van der Waals surface area contributed by atoms with Crippen LogP contribution in [-0.2, 0) is 4.79 Å². The Kier molecular flexibility index (Phi) is 3.20. The number of hydrogen-bond donors (Lipinski definition) is 1. The maximum atomic E-state index is 11.8. The van der Waals surface area contributed by atoms with E-state index in [-0.39, 0.29) is 23.3 Å². The Labute approximate surface area is 86.1 Å². The number of carbonyl (C=O) groups is 1. The molecule has 1 aliphatic heterocycles. The molecule has 1 N–H and O–H groups in total. The standard InChI is InChI=1S/C11H21NO2/c1-5-8(2)10(14)12-6-9(13)11(3,4)7-12/h8-9,13H,5-7H2,1-4H3. The van der Waals surface area contributed by atoms with E-state index in [1.165, 1.54) is 0 Å². The van der Waals surface area contributed by atoms with Gasteiger partial charge < -0.3 is 10.0 Å². The maximum absolute atomic E-state index is 11.8. The van der Waals surface area contributed by atoms with Crippen molar-refractivity contribution in [2.75, 3.05) is 13.1 Å². The lowest BCUT2D eigenvalue weighted by atomic mass is 9.90. The van der Waals surface area contributed by atoms with Crippen molar-refractivity contribution in [3.05, 3.63) is 0 Å². The second-order valence-corrected chi connectivity index (χ2v) is 5.03. The number of amides is 1. The molecule has 0 aromatic rings. The average Bonchev–Trinajstić information content (AvgIpc) is 2.39. The Morgan fingerprint density at radius 2 is 2.21 bits per heavy atom. The van der Waals surface area contributed by atoms with Crippen molar-refractivity contribution >= 4 is 5.91 Å². The summed E-state index contributed by atoms with van der Waals surface area (Å²) in [5.41, 5.74) is -0.150. The van der Waals surface area contributed by atoms with Gasteiger partial charge in [0.25, 0.3) is 0 Å². The van der Waals surface area contributed by atoms with Crippen LogP contribution < -0.4 is 0 Å². The monoisotopic (exact) mass is 199 g/mol. The Balaban J connectivity index is 2.62. The molecule has 1 heterocycles. The number of nitrogens with zero attached hydrogens (tertiary/aromatic N) is 1. The zero-order chi connectivity index (χ0) is 10.9. The molecule has 0 saturated carbocycles. The Morgan fingerprint density at radius 3 is 2.57 bits per heavy atom. The molecule has 0 bridgehead atoms. The van der Waals surface area contributed by atoms with Gasteiger partial charge in [0.1, 0.15) is 0 Å². The third-order valence-corrected chi connectivity index (χ3v) is 3.24. The summed E-state index contributed by atoms with van der Waals surface area (Å²) in [6.07, 6.45) is 0.488. The number of hydrogen-bond acceptors (Lipinski definition) is 2. The Morgan fingerprint density at radius 1 is 1.64 bits per heavy atom. The van der Waals surface area contributed by atoms with Crippen molar-refractivity contribution in [2.45, 2.75) is 40.2 Å². The number of β-amino-alcohol motifs (C(OH)–C–C–N with tert-alkyl or cyclic N) is 1. The molecule has 1 amide bonds. The topological polar surface area (TPSA) is 40.5 Å². The van der Waals surface area contributed by atoms with Gasteiger partial charge in [-0.15, -0.1) is 0 Å². The minimum atomic E-state index is -0.379. The third-order valence-electron chi connectivity index (χ3n) is 3.24. The first kappa shape index (κ1) is 11.5. The van der Waals surface area contributed by atoms with Crippen LogP contribution in [0.15, 0.2) is 0 Å². The third kappa shape index (κ3) is 2.08. The summed E-state index contributed by atoms with van der Waals surface area (Å²) in [5.74, 6) is 0.258. The highest BCUT2D eigenvalue weighted by Gasteiger charge is 2.40. The quantitative estimate of drug-likeness (QED) is 0.727. The van der Waals surface area contributed by atoms with Crippen molar-refractivity contribution in [3.8, 4) is 0 Å². The van der Waals surface area contributed by atoms with Gasteiger partial charge in [-0.25, -0.2) is 0 Å². The van der Waals surface area contributed by atoms with Crippen LogP contribution >= 0.6 is 0 Å². The Hall–Kier alpha value is -0.570. The van der Waals surface area contributed by atoms with Crippen LogP contribution in [-0.4, -0.2) is 35.1 Å². The zero-order valence-electron chi connectivity index (χ0n) is 9.58. The molecule has 0 aliphatic carbocycles. The molecule has 1 saturated heterocycles. The SMILES string of the molecule is CCC(C)C(=O)N1CC(O)C(C)(C)C1. The molecule has 14 heavy (non-hydrogen) atoms. The number of aliphatic hydroxyl groups excluding tert-OH is 1. The molecule has 0 radical (unpaired) electrons. The predicted octanol–water partition coefficient (Wildman–Crippen LogP) is 1.26. The highest BCUT2D eigenvalue weighted by atomic mass is 16.3. The van der Waals surface area contributed by atoms with Gasteiger partial charge in [-0.05, 0) is 6.42 Å². The molecule has 0 aromatic heterocycles. The summed E-state index contributed by atoms with van der Waals surface area (Å²) in [6.45, 7) is 9.14. The number of carbonyl (C=O) groups excluding carboxylic acids is 1. The van der Waals surface area contributed by atoms with E-state index in [9.17, 15) is 9.90 Å². The molecule has 1 aliphatic rings. The maximum Gasteiger partial charge on any atom is 0.225 e. The normalized spacial score (nSPS) is 27.8. The average molecular weight is 199 g/mol. The molecule has 0 aromatic carbocycles. The first-order chi connectivity index (χ1) is 6.38. The van der Waals surface area contributed by atoms with Crippen LogP contribution in [0.3, 0.4) is 0 Å². The lowest BCUT2D eigenvalue weighted by molar-refractivity contribution is -0.134. The van der Waals surface area contributed by atoms with Gasteiger partial charge >= 0.3 is 0 Å². The molecule has 2 atom stereocenters. The highest BCUT2D eigenvalue weighted by molar-refractivity contribution is 5.78. The molecular formula is C11H21NO2. The van der Waals surface area contributed by atoms with Gasteiger partial charge in [-0.3, -0.25) is 4.79 Å². The summed E-state index contributed by atoms with van der Waals surface area (Å²) in [5, 5.41) is 9.74. The molecule has 0 spiro atoms. The lowest BCUT2D eigenvalue weighted by Gasteiger charge is -2.22. The Bertz CT molecular complexity index is 225.